The van der Waals surface area contributed by atoms with Gasteiger partial charge in [0.1, 0.15) is 0 Å². The molecule has 1 aromatic rings. The van der Waals surface area contributed by atoms with Gasteiger partial charge in [0.15, 0.2) is 0 Å². The third-order valence-electron chi connectivity index (χ3n) is 3.90. The van der Waals surface area contributed by atoms with Crippen LogP contribution in [0.3, 0.4) is 0 Å². The number of benzene rings is 1. The molecule has 3 nitrogen and oxygen atoms in total. The molecule has 0 heterocycles. The molecular formula is C18H29NO2. The minimum atomic E-state index is -0.213. The summed E-state index contributed by atoms with van der Waals surface area (Å²) in [6.07, 6.45) is 13.3. The molecule has 0 spiro atoms. The van der Waals surface area contributed by atoms with Gasteiger partial charge in [-0.2, -0.15) is 0 Å². The van der Waals surface area contributed by atoms with Crippen LogP contribution < -0.4 is 0 Å². The van der Waals surface area contributed by atoms with Crippen molar-refractivity contribution in [2.75, 3.05) is 6.54 Å². The Morgan fingerprint density at radius 2 is 1.19 bits per heavy atom. The fourth-order valence-corrected chi connectivity index (χ4v) is 2.63. The molecule has 0 fully saturated rings. The number of nitro groups is 1. The second kappa shape index (κ2) is 12.4. The first kappa shape index (κ1) is 17.7. The second-order valence-electron chi connectivity index (χ2n) is 5.83. The fourth-order valence-electron chi connectivity index (χ4n) is 2.63. The van der Waals surface area contributed by atoms with Crippen LogP contribution in [-0.4, -0.2) is 11.5 Å². The van der Waals surface area contributed by atoms with Gasteiger partial charge < -0.3 is 0 Å². The van der Waals surface area contributed by atoms with E-state index in [0.717, 1.165) is 19.3 Å². The van der Waals surface area contributed by atoms with Crippen molar-refractivity contribution >= 4 is 0 Å². The first-order chi connectivity index (χ1) is 10.3. The van der Waals surface area contributed by atoms with Crippen LogP contribution in [0.15, 0.2) is 30.3 Å². The van der Waals surface area contributed by atoms with E-state index < -0.39 is 0 Å². The zero-order valence-electron chi connectivity index (χ0n) is 13.1. The standard InChI is InChI=1S/C18H29NO2/c20-19(21)17-13-8-6-4-2-1-3-5-7-10-14-18-15-11-9-12-16-18/h9,11-12,15-16H,1-8,10,13-14,17H2. The van der Waals surface area contributed by atoms with Crippen LogP contribution >= 0.6 is 0 Å². The Bertz CT molecular complexity index is 365. The number of rotatable bonds is 13. The van der Waals surface area contributed by atoms with E-state index in [9.17, 15) is 10.1 Å². The summed E-state index contributed by atoms with van der Waals surface area (Å²) < 4.78 is 0. The number of unbranched alkanes of at least 4 members (excludes halogenated alkanes) is 9. The first-order valence-corrected chi connectivity index (χ1v) is 8.45. The molecule has 1 rings (SSSR count). The summed E-state index contributed by atoms with van der Waals surface area (Å²) in [5, 5.41) is 10.2. The van der Waals surface area contributed by atoms with E-state index in [-0.39, 0.29) is 11.5 Å². The molecule has 0 radical (unpaired) electrons. The molecule has 0 bridgehead atoms. The molecule has 0 aromatic heterocycles. The summed E-state index contributed by atoms with van der Waals surface area (Å²) in [5.74, 6) is 0. The first-order valence-electron chi connectivity index (χ1n) is 8.45. The largest absolute Gasteiger partial charge is 0.265 e. The van der Waals surface area contributed by atoms with Crippen molar-refractivity contribution in [3.63, 3.8) is 0 Å². The molecule has 0 unspecified atom stereocenters. The Kier molecular flexibility index (Phi) is 10.4. The van der Waals surface area contributed by atoms with E-state index in [4.69, 9.17) is 0 Å². The van der Waals surface area contributed by atoms with Crippen LogP contribution in [0.4, 0.5) is 0 Å². The number of aryl methyl sites for hydroxylation is 1. The Labute approximate surface area is 128 Å². The maximum Gasteiger partial charge on any atom is 0.203 e. The minimum Gasteiger partial charge on any atom is -0.265 e. The van der Waals surface area contributed by atoms with Gasteiger partial charge in [-0.25, -0.2) is 0 Å². The highest BCUT2D eigenvalue weighted by Crippen LogP contribution is 2.12. The molecule has 21 heavy (non-hydrogen) atoms. The van der Waals surface area contributed by atoms with Crippen molar-refractivity contribution in [3.8, 4) is 0 Å². The van der Waals surface area contributed by atoms with Crippen LogP contribution in [0.1, 0.15) is 69.8 Å². The predicted octanol–water partition coefficient (Wildman–Crippen LogP) is 5.41. The van der Waals surface area contributed by atoms with Crippen LogP contribution in [0, 0.1) is 10.1 Å². The van der Waals surface area contributed by atoms with E-state index in [1.165, 1.54) is 56.9 Å². The molecule has 0 saturated heterocycles. The smallest absolute Gasteiger partial charge is 0.203 e. The molecule has 0 aliphatic rings. The Balaban J connectivity index is 1.78. The molecule has 0 saturated carbocycles. The zero-order chi connectivity index (χ0) is 15.2. The summed E-state index contributed by atoms with van der Waals surface area (Å²) in [6, 6.07) is 10.7. The summed E-state index contributed by atoms with van der Waals surface area (Å²) in [5.41, 5.74) is 1.45. The predicted molar refractivity (Wildman–Crippen MR) is 88.2 cm³/mol. The maximum atomic E-state index is 10.2. The molecule has 1 aromatic carbocycles. The van der Waals surface area contributed by atoms with E-state index in [0.29, 0.717) is 0 Å². The Hall–Kier alpha value is -1.38. The quantitative estimate of drug-likeness (QED) is 0.277. The van der Waals surface area contributed by atoms with Crippen LogP contribution in [0.2, 0.25) is 0 Å². The lowest BCUT2D eigenvalue weighted by Crippen LogP contribution is -1.99. The van der Waals surface area contributed by atoms with Crippen LogP contribution in [0.25, 0.3) is 0 Å². The summed E-state index contributed by atoms with van der Waals surface area (Å²) in [4.78, 5) is 9.94. The van der Waals surface area contributed by atoms with Crippen molar-refractivity contribution in [2.45, 2.75) is 70.6 Å². The van der Waals surface area contributed by atoms with Gasteiger partial charge in [0.2, 0.25) is 6.54 Å². The zero-order valence-corrected chi connectivity index (χ0v) is 13.1. The number of hydrogen-bond acceptors (Lipinski definition) is 2. The third kappa shape index (κ3) is 11.0. The average molecular weight is 291 g/mol. The van der Waals surface area contributed by atoms with E-state index in [1.54, 1.807) is 0 Å². The highest BCUT2D eigenvalue weighted by atomic mass is 16.6. The van der Waals surface area contributed by atoms with Crippen molar-refractivity contribution < 1.29 is 4.92 Å². The monoisotopic (exact) mass is 291 g/mol. The molecule has 3 heteroatoms. The van der Waals surface area contributed by atoms with Crippen molar-refractivity contribution in [3.05, 3.63) is 46.0 Å². The van der Waals surface area contributed by atoms with Gasteiger partial charge in [-0.05, 0) is 24.8 Å². The van der Waals surface area contributed by atoms with E-state index in [1.807, 2.05) is 0 Å². The molecule has 0 amide bonds. The van der Waals surface area contributed by atoms with Crippen molar-refractivity contribution in [1.82, 2.24) is 0 Å². The van der Waals surface area contributed by atoms with Gasteiger partial charge in [-0.1, -0.05) is 75.3 Å². The van der Waals surface area contributed by atoms with E-state index in [2.05, 4.69) is 30.3 Å². The highest BCUT2D eigenvalue weighted by molar-refractivity contribution is 5.14. The van der Waals surface area contributed by atoms with Gasteiger partial charge >= 0.3 is 0 Å². The van der Waals surface area contributed by atoms with Crippen LogP contribution in [0.5, 0.6) is 0 Å². The van der Waals surface area contributed by atoms with Gasteiger partial charge in [0, 0.05) is 11.3 Å². The molecular weight excluding hydrogens is 262 g/mol. The Morgan fingerprint density at radius 1 is 0.714 bits per heavy atom. The fraction of sp³-hybridized carbons (Fsp3) is 0.667. The SMILES string of the molecule is O=[N+]([O-])CCCCCCCCCCCCc1ccccc1. The lowest BCUT2D eigenvalue weighted by molar-refractivity contribution is -0.480. The third-order valence-corrected chi connectivity index (χ3v) is 3.90. The van der Waals surface area contributed by atoms with Gasteiger partial charge in [-0.15, -0.1) is 0 Å². The Morgan fingerprint density at radius 3 is 1.71 bits per heavy atom. The maximum absolute atomic E-state index is 10.2. The topological polar surface area (TPSA) is 43.1 Å². The lowest BCUT2D eigenvalue weighted by atomic mass is 10.0. The number of nitrogens with zero attached hydrogens (tertiary/aromatic N) is 1. The summed E-state index contributed by atoms with van der Waals surface area (Å²) in [7, 11) is 0. The average Bonchev–Trinajstić information content (AvgIpc) is 2.49. The molecule has 0 atom stereocenters. The molecule has 0 aliphatic heterocycles. The summed E-state index contributed by atoms with van der Waals surface area (Å²) in [6.45, 7) is 0.140. The highest BCUT2D eigenvalue weighted by Gasteiger charge is 1.97. The van der Waals surface area contributed by atoms with Gasteiger partial charge in [-0.3, -0.25) is 10.1 Å². The normalized spacial score (nSPS) is 10.7. The van der Waals surface area contributed by atoms with Crippen molar-refractivity contribution in [2.24, 2.45) is 0 Å². The lowest BCUT2D eigenvalue weighted by Gasteiger charge is -2.03. The van der Waals surface area contributed by atoms with E-state index >= 15 is 0 Å². The number of hydrogen-bond donors (Lipinski definition) is 0. The summed E-state index contributed by atoms with van der Waals surface area (Å²) >= 11 is 0. The van der Waals surface area contributed by atoms with Crippen molar-refractivity contribution in [1.29, 1.82) is 0 Å². The van der Waals surface area contributed by atoms with Gasteiger partial charge in [0.05, 0.1) is 0 Å². The molecule has 118 valence electrons. The van der Waals surface area contributed by atoms with Gasteiger partial charge in [0.25, 0.3) is 0 Å². The minimum absolute atomic E-state index is 0.140. The molecule has 0 N–H and O–H groups in total. The second-order valence-corrected chi connectivity index (χ2v) is 5.83. The molecule has 0 aliphatic carbocycles. The van der Waals surface area contributed by atoms with Crippen LogP contribution in [-0.2, 0) is 6.42 Å².